The molecule has 0 radical (unpaired) electrons. The molecular formula is C24H32F2N6O2. The summed E-state index contributed by atoms with van der Waals surface area (Å²) in [7, 11) is 4.19. The molecule has 0 bridgehead atoms. The number of benzene rings is 2. The molecule has 2 fully saturated rings. The number of urea groups is 1. The van der Waals surface area contributed by atoms with Crippen molar-refractivity contribution in [1.29, 1.82) is 0 Å². The number of likely N-dealkylation sites (N-methyl/N-ethyl adjacent to an activating group) is 2. The van der Waals surface area contributed by atoms with Gasteiger partial charge in [0.25, 0.3) is 0 Å². The van der Waals surface area contributed by atoms with Crippen molar-refractivity contribution >= 4 is 23.5 Å². The molecule has 0 spiro atoms. The fourth-order valence-electron chi connectivity index (χ4n) is 3.09. The molecule has 2 aromatic carbocycles. The first kappa shape index (κ1) is 27.1. The Morgan fingerprint density at radius 1 is 0.853 bits per heavy atom. The van der Waals surface area contributed by atoms with E-state index in [1.807, 2.05) is 7.05 Å². The predicted octanol–water partition coefficient (Wildman–Crippen LogP) is 2.92. The van der Waals surface area contributed by atoms with Crippen LogP contribution in [-0.4, -0.2) is 93.3 Å². The summed E-state index contributed by atoms with van der Waals surface area (Å²) in [6.07, 6.45) is 1.36. The molecular weight excluding hydrogens is 442 g/mol. The molecule has 184 valence electrons. The smallest absolute Gasteiger partial charge is 0.321 e. The molecule has 0 atom stereocenters. The highest BCUT2D eigenvalue weighted by molar-refractivity contribution is 5.89. The largest absolute Gasteiger partial charge is 0.322 e. The van der Waals surface area contributed by atoms with Crippen LogP contribution in [0.4, 0.5) is 25.0 Å². The Balaban J connectivity index is 0.000000202. The zero-order valence-electron chi connectivity index (χ0n) is 19.6. The first-order valence-corrected chi connectivity index (χ1v) is 11.1. The maximum Gasteiger partial charge on any atom is 0.321 e. The Morgan fingerprint density at radius 2 is 1.35 bits per heavy atom. The van der Waals surface area contributed by atoms with E-state index >= 15 is 0 Å². The summed E-state index contributed by atoms with van der Waals surface area (Å²) in [5.74, 6) is -0.646. The minimum absolute atomic E-state index is 0.121. The number of carbonyl (C=O) groups is 1. The fourth-order valence-corrected chi connectivity index (χ4v) is 3.09. The zero-order valence-corrected chi connectivity index (χ0v) is 19.6. The van der Waals surface area contributed by atoms with Gasteiger partial charge >= 0.3 is 6.03 Å². The van der Waals surface area contributed by atoms with E-state index < -0.39 is 0 Å². The van der Waals surface area contributed by atoms with E-state index in [4.69, 9.17) is 0 Å². The average molecular weight is 475 g/mol. The number of hydrogen-bond acceptors (Lipinski definition) is 6. The van der Waals surface area contributed by atoms with Crippen molar-refractivity contribution in [3.05, 3.63) is 60.2 Å². The molecule has 8 nitrogen and oxygen atoms in total. The van der Waals surface area contributed by atoms with Crippen molar-refractivity contribution in [2.24, 2.45) is 4.99 Å². The molecule has 0 saturated carbocycles. The lowest BCUT2D eigenvalue weighted by molar-refractivity contribution is 0.164. The van der Waals surface area contributed by atoms with E-state index in [1.54, 1.807) is 17.0 Å². The SMILES string of the molecule is CN1CCN(C(=O)Nc2ccc(F)cc2)CC1.CN1CCNCC1.O=C=Nc1ccc(F)cc1. The van der Waals surface area contributed by atoms with Gasteiger partial charge in [0.1, 0.15) is 11.6 Å². The van der Waals surface area contributed by atoms with E-state index in [9.17, 15) is 18.4 Å². The van der Waals surface area contributed by atoms with Crippen LogP contribution in [-0.2, 0) is 4.79 Å². The Morgan fingerprint density at radius 3 is 1.82 bits per heavy atom. The number of isocyanates is 1. The summed E-state index contributed by atoms with van der Waals surface area (Å²) in [4.78, 5) is 31.1. The van der Waals surface area contributed by atoms with Gasteiger partial charge in [0.2, 0.25) is 6.08 Å². The van der Waals surface area contributed by atoms with E-state index in [2.05, 4.69) is 32.5 Å². The van der Waals surface area contributed by atoms with Crippen LogP contribution < -0.4 is 10.6 Å². The molecule has 0 aliphatic carbocycles. The molecule has 2 aliphatic heterocycles. The summed E-state index contributed by atoms with van der Waals surface area (Å²) < 4.78 is 24.9. The topological polar surface area (TPSA) is 80.3 Å². The summed E-state index contributed by atoms with van der Waals surface area (Å²) in [5.41, 5.74) is 1.03. The van der Waals surface area contributed by atoms with Crippen LogP contribution in [0.3, 0.4) is 0 Å². The van der Waals surface area contributed by atoms with Crippen LogP contribution in [0.15, 0.2) is 53.5 Å². The minimum atomic E-state index is -0.343. The van der Waals surface area contributed by atoms with Gasteiger partial charge in [0, 0.05) is 58.0 Å². The number of nitrogens with zero attached hydrogens (tertiary/aromatic N) is 4. The van der Waals surface area contributed by atoms with Gasteiger partial charge in [0.15, 0.2) is 0 Å². The Bertz CT molecular complexity index is 906. The number of hydrogen-bond donors (Lipinski definition) is 2. The summed E-state index contributed by atoms with van der Waals surface area (Å²) >= 11 is 0. The van der Waals surface area contributed by atoms with Gasteiger partial charge in [0.05, 0.1) is 5.69 Å². The lowest BCUT2D eigenvalue weighted by Crippen LogP contribution is -2.48. The van der Waals surface area contributed by atoms with Gasteiger partial charge in [-0.2, -0.15) is 4.99 Å². The summed E-state index contributed by atoms with van der Waals surface area (Å²) in [5, 5.41) is 6.03. The Kier molecular flexibility index (Phi) is 11.8. The third-order valence-corrected chi connectivity index (χ3v) is 5.23. The van der Waals surface area contributed by atoms with Crippen molar-refractivity contribution in [2.75, 3.05) is 71.8 Å². The first-order valence-electron chi connectivity index (χ1n) is 11.1. The molecule has 2 saturated heterocycles. The van der Waals surface area contributed by atoms with Crippen LogP contribution in [0.1, 0.15) is 0 Å². The molecule has 0 aromatic heterocycles. The van der Waals surface area contributed by atoms with Crippen LogP contribution >= 0.6 is 0 Å². The lowest BCUT2D eigenvalue weighted by atomic mass is 10.3. The number of amides is 2. The number of carbonyl (C=O) groups excluding carboxylic acids is 2. The predicted molar refractivity (Wildman–Crippen MR) is 129 cm³/mol. The number of nitrogens with one attached hydrogen (secondary N) is 2. The zero-order chi connectivity index (χ0) is 24.8. The third kappa shape index (κ3) is 10.6. The van der Waals surface area contributed by atoms with Crippen molar-refractivity contribution in [3.8, 4) is 0 Å². The number of halogens is 2. The van der Waals surface area contributed by atoms with Gasteiger partial charge in [-0.05, 0) is 62.6 Å². The monoisotopic (exact) mass is 474 g/mol. The summed E-state index contributed by atoms with van der Waals surface area (Å²) in [6.45, 7) is 7.97. The van der Waals surface area contributed by atoms with E-state index in [1.165, 1.54) is 55.6 Å². The van der Waals surface area contributed by atoms with Crippen LogP contribution in [0.5, 0.6) is 0 Å². The van der Waals surface area contributed by atoms with Crippen LogP contribution in [0.25, 0.3) is 0 Å². The molecule has 10 heteroatoms. The molecule has 2 amide bonds. The van der Waals surface area contributed by atoms with E-state index in [0.717, 1.165) is 39.3 Å². The van der Waals surface area contributed by atoms with E-state index in [-0.39, 0.29) is 17.7 Å². The standard InChI is InChI=1S/C12H16FN3O.C7H4FNO.C5H12N2/c1-15-6-8-16(9-7-15)12(17)14-11-4-2-10(13)3-5-11;8-6-1-3-7(4-2-6)9-5-10;1-7-4-2-6-3-5-7/h2-5H,6-9H2,1H3,(H,14,17);1-4H;6H,2-5H2,1H3. The highest BCUT2D eigenvalue weighted by Gasteiger charge is 2.18. The molecule has 2 heterocycles. The molecule has 2 N–H and O–H groups in total. The molecule has 0 unspecified atom stereocenters. The lowest BCUT2D eigenvalue weighted by Gasteiger charge is -2.32. The Labute approximate surface area is 199 Å². The first-order chi connectivity index (χ1) is 16.4. The minimum Gasteiger partial charge on any atom is -0.322 e. The highest BCUT2D eigenvalue weighted by Crippen LogP contribution is 2.11. The van der Waals surface area contributed by atoms with Crippen LogP contribution in [0, 0.1) is 11.6 Å². The number of aliphatic imine (C=N–C) groups is 1. The average Bonchev–Trinajstić information content (AvgIpc) is 2.84. The van der Waals surface area contributed by atoms with Gasteiger partial charge < -0.3 is 25.3 Å². The second-order valence-electron chi connectivity index (χ2n) is 7.96. The Hall–Kier alpha value is -3.17. The van der Waals surface area contributed by atoms with Gasteiger partial charge in [-0.25, -0.2) is 18.4 Å². The molecule has 4 rings (SSSR count). The van der Waals surface area contributed by atoms with E-state index in [0.29, 0.717) is 11.4 Å². The molecule has 2 aromatic rings. The number of anilines is 1. The number of piperazine rings is 2. The third-order valence-electron chi connectivity index (χ3n) is 5.23. The molecule has 34 heavy (non-hydrogen) atoms. The second-order valence-corrected chi connectivity index (χ2v) is 7.96. The maximum absolute atomic E-state index is 12.7. The second kappa shape index (κ2) is 14.9. The van der Waals surface area contributed by atoms with Gasteiger partial charge in [-0.3, -0.25) is 0 Å². The molecule has 2 aliphatic rings. The van der Waals surface area contributed by atoms with Crippen molar-refractivity contribution in [1.82, 2.24) is 20.0 Å². The van der Waals surface area contributed by atoms with Gasteiger partial charge in [-0.1, -0.05) is 0 Å². The summed E-state index contributed by atoms with van der Waals surface area (Å²) in [6, 6.07) is 10.9. The highest BCUT2D eigenvalue weighted by atomic mass is 19.1. The number of rotatable bonds is 2. The normalized spacial score (nSPS) is 16.2. The van der Waals surface area contributed by atoms with Crippen molar-refractivity contribution < 1.29 is 18.4 Å². The van der Waals surface area contributed by atoms with Gasteiger partial charge in [-0.15, -0.1) is 0 Å². The van der Waals surface area contributed by atoms with Crippen molar-refractivity contribution in [3.63, 3.8) is 0 Å². The van der Waals surface area contributed by atoms with Crippen molar-refractivity contribution in [2.45, 2.75) is 0 Å². The van der Waals surface area contributed by atoms with Crippen LogP contribution in [0.2, 0.25) is 0 Å². The quantitative estimate of drug-likeness (QED) is 0.517. The maximum atomic E-state index is 12.7. The fraction of sp³-hybridized carbons (Fsp3) is 0.417.